The van der Waals surface area contributed by atoms with Crippen molar-refractivity contribution in [1.82, 2.24) is 5.43 Å². The van der Waals surface area contributed by atoms with Gasteiger partial charge in [0, 0.05) is 5.56 Å². The van der Waals surface area contributed by atoms with Gasteiger partial charge in [0.15, 0.2) is 0 Å². The zero-order valence-electron chi connectivity index (χ0n) is 28.3. The predicted octanol–water partition coefficient (Wildman–Crippen LogP) is 10.7. The van der Waals surface area contributed by atoms with E-state index in [9.17, 15) is 4.79 Å². The van der Waals surface area contributed by atoms with Crippen LogP contribution in [0.4, 0.5) is 0 Å². The standard InChI is InChI=1S/C40H56N2O4/c1-3-5-7-9-11-13-15-17-31-45-38-26-20-35(21-27-38)33-46-39-28-22-36(23-29-39)40(43)42-41-32-34-18-24-37(25-19-34)44-30-16-14-12-10-8-6-4-2/h18-29,32H,3-17,30-31,33H2,1-2H3,(H,42,43)/b41-32+. The second kappa shape index (κ2) is 23.5. The molecular formula is C40H56N2O4. The normalized spacial score (nSPS) is 11.1. The fourth-order valence-electron chi connectivity index (χ4n) is 5.11. The predicted molar refractivity (Wildman–Crippen MR) is 190 cm³/mol. The van der Waals surface area contributed by atoms with Gasteiger partial charge in [-0.3, -0.25) is 4.79 Å². The van der Waals surface area contributed by atoms with Gasteiger partial charge >= 0.3 is 0 Å². The van der Waals surface area contributed by atoms with Crippen molar-refractivity contribution in [2.45, 2.75) is 117 Å². The summed E-state index contributed by atoms with van der Waals surface area (Å²) in [5.41, 5.74) is 5.05. The molecule has 1 amide bonds. The Morgan fingerprint density at radius 1 is 0.565 bits per heavy atom. The molecule has 0 saturated heterocycles. The molecule has 3 aromatic carbocycles. The van der Waals surface area contributed by atoms with E-state index >= 15 is 0 Å². The molecule has 0 heterocycles. The van der Waals surface area contributed by atoms with E-state index in [0.29, 0.717) is 17.9 Å². The summed E-state index contributed by atoms with van der Waals surface area (Å²) in [6.45, 7) is 6.44. The minimum absolute atomic E-state index is 0.278. The Bertz CT molecular complexity index is 1220. The van der Waals surface area contributed by atoms with Crippen molar-refractivity contribution < 1.29 is 19.0 Å². The maximum absolute atomic E-state index is 12.5. The summed E-state index contributed by atoms with van der Waals surface area (Å²) < 4.78 is 17.7. The van der Waals surface area contributed by atoms with Crippen molar-refractivity contribution in [3.8, 4) is 17.2 Å². The van der Waals surface area contributed by atoms with Crippen molar-refractivity contribution in [2.75, 3.05) is 13.2 Å². The Morgan fingerprint density at radius 2 is 1.00 bits per heavy atom. The number of carbonyl (C=O) groups is 1. The molecule has 6 nitrogen and oxygen atoms in total. The summed E-state index contributed by atoms with van der Waals surface area (Å²) in [7, 11) is 0. The molecule has 0 spiro atoms. The summed E-state index contributed by atoms with van der Waals surface area (Å²) in [5, 5.41) is 4.11. The average molecular weight is 629 g/mol. The van der Waals surface area contributed by atoms with Crippen LogP contribution in [0.15, 0.2) is 77.9 Å². The third kappa shape index (κ3) is 16.0. The summed E-state index contributed by atoms with van der Waals surface area (Å²) in [6, 6.07) is 22.8. The first-order chi connectivity index (χ1) is 22.7. The minimum atomic E-state index is -0.278. The molecule has 0 aliphatic heterocycles. The molecule has 0 unspecified atom stereocenters. The van der Waals surface area contributed by atoms with Crippen LogP contribution in [0.1, 0.15) is 132 Å². The molecule has 250 valence electrons. The summed E-state index contributed by atoms with van der Waals surface area (Å²) in [4.78, 5) is 12.5. The van der Waals surface area contributed by atoms with Gasteiger partial charge in [-0.2, -0.15) is 5.10 Å². The quantitative estimate of drug-likeness (QED) is 0.0576. The molecule has 6 heteroatoms. The highest BCUT2D eigenvalue weighted by atomic mass is 16.5. The highest BCUT2D eigenvalue weighted by Crippen LogP contribution is 2.18. The van der Waals surface area contributed by atoms with Crippen molar-refractivity contribution in [2.24, 2.45) is 5.10 Å². The summed E-state index contributed by atoms with van der Waals surface area (Å²) in [5.74, 6) is 2.17. The molecule has 0 aliphatic rings. The van der Waals surface area contributed by atoms with Crippen molar-refractivity contribution in [3.63, 3.8) is 0 Å². The maximum Gasteiger partial charge on any atom is 0.271 e. The molecule has 1 N–H and O–H groups in total. The maximum atomic E-state index is 12.5. The molecule has 0 radical (unpaired) electrons. The second-order valence-electron chi connectivity index (χ2n) is 12.0. The first-order valence-corrected chi connectivity index (χ1v) is 17.7. The zero-order chi connectivity index (χ0) is 32.5. The van der Waals surface area contributed by atoms with E-state index < -0.39 is 0 Å². The topological polar surface area (TPSA) is 69.2 Å². The van der Waals surface area contributed by atoms with E-state index in [-0.39, 0.29) is 5.91 Å². The fraction of sp³-hybridized carbons (Fsp3) is 0.500. The molecule has 0 fully saturated rings. The lowest BCUT2D eigenvalue weighted by atomic mass is 10.1. The van der Waals surface area contributed by atoms with Gasteiger partial charge in [0.1, 0.15) is 23.9 Å². The Hall–Kier alpha value is -3.80. The van der Waals surface area contributed by atoms with E-state index in [1.54, 1.807) is 30.5 Å². The second-order valence-corrected chi connectivity index (χ2v) is 12.0. The van der Waals surface area contributed by atoms with Crippen LogP contribution in [0.3, 0.4) is 0 Å². The summed E-state index contributed by atoms with van der Waals surface area (Å²) >= 11 is 0. The van der Waals surface area contributed by atoms with Gasteiger partial charge in [0.05, 0.1) is 19.4 Å². The molecule has 3 aromatic rings. The highest BCUT2D eigenvalue weighted by Gasteiger charge is 2.05. The number of hydrogen-bond acceptors (Lipinski definition) is 5. The molecule has 0 aliphatic carbocycles. The monoisotopic (exact) mass is 628 g/mol. The minimum Gasteiger partial charge on any atom is -0.494 e. The number of rotatable bonds is 25. The number of ether oxygens (including phenoxy) is 3. The van der Waals surface area contributed by atoms with Gasteiger partial charge in [0.25, 0.3) is 5.91 Å². The Kier molecular flexibility index (Phi) is 18.8. The lowest BCUT2D eigenvalue weighted by Crippen LogP contribution is -2.17. The van der Waals surface area contributed by atoms with E-state index in [4.69, 9.17) is 14.2 Å². The fourth-order valence-corrected chi connectivity index (χ4v) is 5.11. The Labute approximate surface area is 277 Å². The van der Waals surface area contributed by atoms with Crippen molar-refractivity contribution >= 4 is 12.1 Å². The first-order valence-electron chi connectivity index (χ1n) is 17.7. The number of amides is 1. The SMILES string of the molecule is CCCCCCCCCCOc1ccc(COc2ccc(C(=O)N/N=C/c3ccc(OCCCCCCCCC)cc3)cc2)cc1. The van der Waals surface area contributed by atoms with Gasteiger partial charge in [-0.25, -0.2) is 5.43 Å². The zero-order valence-corrected chi connectivity index (χ0v) is 28.3. The molecule has 46 heavy (non-hydrogen) atoms. The van der Waals surface area contributed by atoms with Crippen molar-refractivity contribution in [1.29, 1.82) is 0 Å². The third-order valence-electron chi connectivity index (χ3n) is 7.99. The average Bonchev–Trinajstić information content (AvgIpc) is 3.09. The number of hydrazone groups is 1. The van der Waals surface area contributed by atoms with E-state index in [1.807, 2.05) is 48.5 Å². The molecule has 0 saturated carbocycles. The van der Waals surface area contributed by atoms with Gasteiger partial charge in [-0.1, -0.05) is 109 Å². The van der Waals surface area contributed by atoms with Crippen LogP contribution in [-0.4, -0.2) is 25.3 Å². The molecule has 3 rings (SSSR count). The van der Waals surface area contributed by atoms with Gasteiger partial charge < -0.3 is 14.2 Å². The van der Waals surface area contributed by atoms with Crippen LogP contribution >= 0.6 is 0 Å². The Morgan fingerprint density at radius 3 is 1.52 bits per heavy atom. The van der Waals surface area contributed by atoms with E-state index in [1.165, 1.54) is 83.5 Å². The summed E-state index contributed by atoms with van der Waals surface area (Å²) in [6.07, 6.45) is 20.9. The van der Waals surface area contributed by atoms with Gasteiger partial charge in [-0.05, 0) is 84.6 Å². The number of hydrogen-bond donors (Lipinski definition) is 1. The van der Waals surface area contributed by atoms with Crippen LogP contribution < -0.4 is 19.6 Å². The van der Waals surface area contributed by atoms with Crippen LogP contribution in [0.5, 0.6) is 17.2 Å². The van der Waals surface area contributed by atoms with Crippen LogP contribution in [0.25, 0.3) is 0 Å². The molecule has 0 atom stereocenters. The Balaban J connectivity index is 1.28. The molecule has 0 bridgehead atoms. The number of carbonyl (C=O) groups excluding carboxylic acids is 1. The number of nitrogens with one attached hydrogen (secondary N) is 1. The van der Waals surface area contributed by atoms with Crippen LogP contribution in [0, 0.1) is 0 Å². The van der Waals surface area contributed by atoms with Crippen molar-refractivity contribution in [3.05, 3.63) is 89.5 Å². The van der Waals surface area contributed by atoms with Gasteiger partial charge in [0.2, 0.25) is 0 Å². The third-order valence-corrected chi connectivity index (χ3v) is 7.99. The van der Waals surface area contributed by atoms with E-state index in [0.717, 1.165) is 48.7 Å². The molecular weight excluding hydrogens is 572 g/mol. The van der Waals surface area contributed by atoms with Crippen LogP contribution in [0.2, 0.25) is 0 Å². The van der Waals surface area contributed by atoms with Gasteiger partial charge in [-0.15, -0.1) is 0 Å². The molecule has 0 aromatic heterocycles. The number of nitrogens with zero attached hydrogens (tertiary/aromatic N) is 1. The van der Waals surface area contributed by atoms with E-state index in [2.05, 4.69) is 24.4 Å². The lowest BCUT2D eigenvalue weighted by Gasteiger charge is -2.09. The highest BCUT2D eigenvalue weighted by molar-refractivity contribution is 5.95. The smallest absolute Gasteiger partial charge is 0.271 e. The van der Waals surface area contributed by atoms with Crippen LogP contribution in [-0.2, 0) is 6.61 Å². The lowest BCUT2D eigenvalue weighted by molar-refractivity contribution is 0.0955. The number of benzene rings is 3. The first kappa shape index (κ1) is 36.7. The largest absolute Gasteiger partial charge is 0.494 e. The number of unbranched alkanes of at least 4 members (excludes halogenated alkanes) is 13.